The standard InChI is InChI=1S/C17H28N2O3/c1-15(2)16(3)7-8-17(15,22-14(16)21)13(20)18-9-12-19-10-5-4-6-11-19/h4-12H2,1-3H3,(H,18,20). The SMILES string of the molecule is CC12CCC(C(=O)NCCN3CCCCC3)(OC1=O)C2(C)C. The van der Waals surface area contributed by atoms with Gasteiger partial charge in [0, 0.05) is 18.5 Å². The molecule has 0 spiro atoms. The van der Waals surface area contributed by atoms with Gasteiger partial charge in [0.25, 0.3) is 5.91 Å². The Hall–Kier alpha value is -1.10. The third-order valence-corrected chi connectivity index (χ3v) is 6.61. The number of piperidine rings is 1. The average molecular weight is 308 g/mol. The molecule has 2 bridgehead atoms. The van der Waals surface area contributed by atoms with Crippen molar-refractivity contribution < 1.29 is 14.3 Å². The number of carbonyl (C=O) groups excluding carboxylic acids is 2. The number of amides is 1. The quantitative estimate of drug-likeness (QED) is 0.803. The van der Waals surface area contributed by atoms with Crippen molar-refractivity contribution in [3.05, 3.63) is 0 Å². The van der Waals surface area contributed by atoms with E-state index in [1.165, 1.54) is 19.3 Å². The lowest BCUT2D eigenvalue weighted by Gasteiger charge is -2.35. The minimum Gasteiger partial charge on any atom is -0.448 e. The molecule has 2 aliphatic heterocycles. The van der Waals surface area contributed by atoms with Crippen molar-refractivity contribution in [3.63, 3.8) is 0 Å². The van der Waals surface area contributed by atoms with E-state index < -0.39 is 16.4 Å². The highest BCUT2D eigenvalue weighted by Crippen LogP contribution is 2.65. The van der Waals surface area contributed by atoms with E-state index in [4.69, 9.17) is 4.74 Å². The zero-order valence-electron chi connectivity index (χ0n) is 14.0. The Bertz CT molecular complexity index is 484. The van der Waals surface area contributed by atoms with Crippen LogP contribution in [0.4, 0.5) is 0 Å². The molecule has 0 aromatic heterocycles. The first-order chi connectivity index (χ1) is 10.3. The molecule has 3 rings (SSSR count). The van der Waals surface area contributed by atoms with Crippen LogP contribution < -0.4 is 5.32 Å². The number of hydrogen-bond donors (Lipinski definition) is 1. The summed E-state index contributed by atoms with van der Waals surface area (Å²) in [6, 6.07) is 0. The number of hydrogen-bond acceptors (Lipinski definition) is 4. The molecule has 0 aromatic carbocycles. The van der Waals surface area contributed by atoms with Crippen molar-refractivity contribution >= 4 is 11.9 Å². The fourth-order valence-electron chi connectivity index (χ4n) is 4.40. The number of fused-ring (bicyclic) bond motifs is 2. The molecule has 1 N–H and O–H groups in total. The highest BCUT2D eigenvalue weighted by molar-refractivity contribution is 5.96. The summed E-state index contributed by atoms with van der Waals surface area (Å²) < 4.78 is 5.61. The molecule has 3 fully saturated rings. The lowest BCUT2D eigenvalue weighted by atomic mass is 9.66. The van der Waals surface area contributed by atoms with Crippen LogP contribution in [0.3, 0.4) is 0 Å². The summed E-state index contributed by atoms with van der Waals surface area (Å²) in [4.78, 5) is 27.4. The Morgan fingerprint density at radius 1 is 1.18 bits per heavy atom. The fraction of sp³-hybridized carbons (Fsp3) is 0.882. The maximum absolute atomic E-state index is 12.8. The summed E-state index contributed by atoms with van der Waals surface area (Å²) in [6.45, 7) is 9.69. The Morgan fingerprint density at radius 2 is 1.86 bits per heavy atom. The monoisotopic (exact) mass is 308 g/mol. The highest BCUT2D eigenvalue weighted by Gasteiger charge is 2.75. The van der Waals surface area contributed by atoms with Crippen LogP contribution in [0.25, 0.3) is 0 Å². The Labute approximate surface area is 132 Å². The average Bonchev–Trinajstić information content (AvgIpc) is 2.78. The number of esters is 1. The van der Waals surface area contributed by atoms with Crippen LogP contribution in [0.1, 0.15) is 52.9 Å². The van der Waals surface area contributed by atoms with E-state index in [1.54, 1.807) is 0 Å². The van der Waals surface area contributed by atoms with Crippen molar-refractivity contribution in [2.45, 2.75) is 58.5 Å². The van der Waals surface area contributed by atoms with Gasteiger partial charge in [-0.3, -0.25) is 9.59 Å². The summed E-state index contributed by atoms with van der Waals surface area (Å²) in [6.07, 6.45) is 5.19. The maximum atomic E-state index is 12.8. The molecule has 0 aromatic rings. The van der Waals surface area contributed by atoms with Gasteiger partial charge in [0.05, 0.1) is 5.41 Å². The third kappa shape index (κ3) is 2.01. The van der Waals surface area contributed by atoms with E-state index in [0.29, 0.717) is 13.0 Å². The molecule has 124 valence electrons. The molecular formula is C17H28N2O3. The smallest absolute Gasteiger partial charge is 0.313 e. The molecule has 22 heavy (non-hydrogen) atoms. The number of rotatable bonds is 4. The minimum atomic E-state index is -0.971. The molecular weight excluding hydrogens is 280 g/mol. The summed E-state index contributed by atoms with van der Waals surface area (Å²) >= 11 is 0. The molecule has 2 atom stereocenters. The van der Waals surface area contributed by atoms with Crippen molar-refractivity contribution in [1.29, 1.82) is 0 Å². The number of nitrogens with zero attached hydrogens (tertiary/aromatic N) is 1. The van der Waals surface area contributed by atoms with Gasteiger partial charge in [-0.15, -0.1) is 0 Å². The van der Waals surface area contributed by atoms with Crippen molar-refractivity contribution in [2.24, 2.45) is 10.8 Å². The predicted octanol–water partition coefficient (Wildman–Crippen LogP) is 1.71. The van der Waals surface area contributed by atoms with E-state index in [2.05, 4.69) is 10.2 Å². The maximum Gasteiger partial charge on any atom is 0.313 e. The van der Waals surface area contributed by atoms with Gasteiger partial charge in [-0.05, 0) is 45.7 Å². The molecule has 2 heterocycles. The van der Waals surface area contributed by atoms with Crippen molar-refractivity contribution in [1.82, 2.24) is 10.2 Å². The van der Waals surface area contributed by atoms with Crippen LogP contribution in [0, 0.1) is 10.8 Å². The topological polar surface area (TPSA) is 58.6 Å². The molecule has 1 saturated carbocycles. The first-order valence-corrected chi connectivity index (χ1v) is 8.58. The first kappa shape index (κ1) is 15.8. The molecule has 0 radical (unpaired) electrons. The molecule has 5 nitrogen and oxygen atoms in total. The van der Waals surface area contributed by atoms with Crippen molar-refractivity contribution in [2.75, 3.05) is 26.2 Å². The van der Waals surface area contributed by atoms with Crippen LogP contribution in [-0.4, -0.2) is 48.6 Å². The molecule has 2 saturated heterocycles. The summed E-state index contributed by atoms with van der Waals surface area (Å²) in [5.74, 6) is -0.320. The largest absolute Gasteiger partial charge is 0.448 e. The molecule has 5 heteroatoms. The molecule has 3 aliphatic rings. The van der Waals surface area contributed by atoms with Gasteiger partial charge in [0.2, 0.25) is 0 Å². The Morgan fingerprint density at radius 3 is 2.41 bits per heavy atom. The summed E-state index contributed by atoms with van der Waals surface area (Å²) in [5.41, 5.74) is -1.95. The second-order valence-electron chi connectivity index (χ2n) is 7.83. The normalized spacial score (nSPS) is 37.1. The summed E-state index contributed by atoms with van der Waals surface area (Å²) in [7, 11) is 0. The highest BCUT2D eigenvalue weighted by atomic mass is 16.6. The number of nitrogens with one attached hydrogen (secondary N) is 1. The lowest BCUT2D eigenvalue weighted by molar-refractivity contribution is -0.168. The third-order valence-electron chi connectivity index (χ3n) is 6.61. The molecule has 1 aliphatic carbocycles. The number of likely N-dealkylation sites (tertiary alicyclic amines) is 1. The Balaban J connectivity index is 1.61. The van der Waals surface area contributed by atoms with E-state index in [-0.39, 0.29) is 11.9 Å². The van der Waals surface area contributed by atoms with Crippen LogP contribution in [0.2, 0.25) is 0 Å². The molecule has 2 unspecified atom stereocenters. The van der Waals surface area contributed by atoms with Crippen LogP contribution in [0.15, 0.2) is 0 Å². The molecule has 1 amide bonds. The van der Waals surface area contributed by atoms with Gasteiger partial charge in [-0.2, -0.15) is 0 Å². The fourth-order valence-corrected chi connectivity index (χ4v) is 4.40. The van der Waals surface area contributed by atoms with E-state index in [0.717, 1.165) is 26.1 Å². The van der Waals surface area contributed by atoms with Gasteiger partial charge in [-0.1, -0.05) is 20.3 Å². The van der Waals surface area contributed by atoms with Crippen LogP contribution in [0.5, 0.6) is 0 Å². The summed E-state index contributed by atoms with van der Waals surface area (Å²) in [5, 5.41) is 3.03. The van der Waals surface area contributed by atoms with Gasteiger partial charge < -0.3 is 15.0 Å². The number of ether oxygens (including phenoxy) is 1. The van der Waals surface area contributed by atoms with Crippen LogP contribution >= 0.6 is 0 Å². The van der Waals surface area contributed by atoms with Gasteiger partial charge in [0.1, 0.15) is 0 Å². The van der Waals surface area contributed by atoms with Gasteiger partial charge in [-0.25, -0.2) is 0 Å². The predicted molar refractivity (Wildman–Crippen MR) is 83.2 cm³/mol. The zero-order valence-corrected chi connectivity index (χ0v) is 14.0. The second kappa shape index (κ2) is 5.22. The van der Waals surface area contributed by atoms with Crippen LogP contribution in [-0.2, 0) is 14.3 Å². The Kier molecular flexibility index (Phi) is 3.75. The van der Waals surface area contributed by atoms with E-state index >= 15 is 0 Å². The lowest BCUT2D eigenvalue weighted by Crippen LogP contribution is -2.54. The zero-order chi connectivity index (χ0) is 16.0. The second-order valence-corrected chi connectivity index (χ2v) is 7.83. The van der Waals surface area contributed by atoms with Gasteiger partial charge >= 0.3 is 5.97 Å². The van der Waals surface area contributed by atoms with E-state index in [1.807, 2.05) is 20.8 Å². The minimum absolute atomic E-state index is 0.107. The van der Waals surface area contributed by atoms with Crippen molar-refractivity contribution in [3.8, 4) is 0 Å². The van der Waals surface area contributed by atoms with Gasteiger partial charge in [0.15, 0.2) is 5.60 Å². The van der Waals surface area contributed by atoms with E-state index in [9.17, 15) is 9.59 Å². The first-order valence-electron chi connectivity index (χ1n) is 8.58. The number of carbonyl (C=O) groups is 2.